The molecule has 2 rings (SSSR count). The van der Waals surface area contributed by atoms with E-state index in [0.717, 1.165) is 40.9 Å². The average molecular weight is 609 g/mol. The number of carbonyl (C=O) groups excluding carboxylic acids is 3. The number of esters is 1. The minimum absolute atomic E-state index is 0.0324. The first kappa shape index (κ1) is 37.3. The maximum Gasteiger partial charge on any atom is 0.305 e. The molecular weight excluding hydrogens is 548 g/mol. The van der Waals surface area contributed by atoms with Crippen molar-refractivity contribution in [3.8, 4) is 0 Å². The quantitative estimate of drug-likeness (QED) is 0.0716. The zero-order valence-corrected chi connectivity index (χ0v) is 28.8. The average Bonchev–Trinajstić information content (AvgIpc) is 3.25. The molecule has 0 aliphatic heterocycles. The zero-order valence-electron chi connectivity index (χ0n) is 28.8. The van der Waals surface area contributed by atoms with E-state index in [4.69, 9.17) is 4.74 Å². The second-order valence-electron chi connectivity index (χ2n) is 12.7. The summed E-state index contributed by atoms with van der Waals surface area (Å²) in [6.45, 7) is 6.87. The highest BCUT2D eigenvalue weighted by Gasteiger charge is 2.23. The molecule has 0 spiro atoms. The van der Waals surface area contributed by atoms with Gasteiger partial charge in [0.2, 0.25) is 0 Å². The number of hydrogen-bond donors (Lipinski definition) is 0. The lowest BCUT2D eigenvalue weighted by atomic mass is 9.99. The molecule has 1 amide bonds. The van der Waals surface area contributed by atoms with Gasteiger partial charge in [-0.3, -0.25) is 14.4 Å². The molecule has 0 aliphatic rings. The summed E-state index contributed by atoms with van der Waals surface area (Å²) in [7, 11) is 4.89. The Bertz CT molecular complexity index is 1150. The van der Waals surface area contributed by atoms with Gasteiger partial charge in [-0.15, -0.1) is 0 Å². The first-order valence-corrected chi connectivity index (χ1v) is 17.3. The fraction of sp³-hybridized carbons (Fsp3) is 0.658. The van der Waals surface area contributed by atoms with Crippen LogP contribution >= 0.6 is 0 Å². The number of methoxy groups -OCH3 is 1. The van der Waals surface area contributed by atoms with Crippen molar-refractivity contribution < 1.29 is 19.1 Å². The van der Waals surface area contributed by atoms with Gasteiger partial charge in [0.05, 0.1) is 13.5 Å². The first-order chi connectivity index (χ1) is 21.2. The van der Waals surface area contributed by atoms with E-state index in [9.17, 15) is 14.4 Å². The van der Waals surface area contributed by atoms with Gasteiger partial charge in [0.25, 0.3) is 5.91 Å². The predicted molar refractivity (Wildman–Crippen MR) is 182 cm³/mol. The number of rotatable bonds is 23. The number of carbonyl (C=O) groups is 3. The molecule has 0 unspecified atom stereocenters. The van der Waals surface area contributed by atoms with Gasteiger partial charge >= 0.3 is 5.97 Å². The van der Waals surface area contributed by atoms with E-state index < -0.39 is 0 Å². The van der Waals surface area contributed by atoms with Crippen LogP contribution in [0, 0.1) is 13.8 Å². The summed E-state index contributed by atoms with van der Waals surface area (Å²) in [5.74, 6) is -0.0956. The van der Waals surface area contributed by atoms with Crippen molar-refractivity contribution in [3.05, 3.63) is 57.9 Å². The Morgan fingerprint density at radius 1 is 0.727 bits per heavy atom. The molecule has 0 saturated carbocycles. The number of Topliss-reactive ketones (excluding diaryl/α,β-unsaturated/α-hetero) is 1. The van der Waals surface area contributed by atoms with E-state index in [1.54, 1.807) is 19.0 Å². The van der Waals surface area contributed by atoms with E-state index in [2.05, 4.69) is 11.5 Å². The minimum Gasteiger partial charge on any atom is -0.469 e. The summed E-state index contributed by atoms with van der Waals surface area (Å²) < 4.78 is 7.06. The highest BCUT2D eigenvalue weighted by Crippen LogP contribution is 2.27. The number of aromatic nitrogens is 1. The highest BCUT2D eigenvalue weighted by molar-refractivity contribution is 5.99. The minimum atomic E-state index is -0.257. The molecule has 1 aromatic heterocycles. The molecule has 44 heavy (non-hydrogen) atoms. The number of ether oxygens (including phenoxy) is 1. The van der Waals surface area contributed by atoms with Crippen LogP contribution in [0.5, 0.6) is 0 Å². The predicted octanol–water partition coefficient (Wildman–Crippen LogP) is 9.40. The molecule has 1 heterocycles. The second-order valence-corrected chi connectivity index (χ2v) is 12.7. The topological polar surface area (TPSA) is 68.6 Å². The lowest BCUT2D eigenvalue weighted by Crippen LogP contribution is -2.21. The summed E-state index contributed by atoms with van der Waals surface area (Å²) >= 11 is 0. The van der Waals surface area contributed by atoms with Crippen molar-refractivity contribution in [2.24, 2.45) is 0 Å². The maximum absolute atomic E-state index is 13.5. The van der Waals surface area contributed by atoms with Crippen LogP contribution in [0.2, 0.25) is 0 Å². The number of hydrogen-bond acceptors (Lipinski definition) is 4. The SMILES string of the molecule is CCCCCCCCCCCCCCCCCC(=O)c1c(C)c(CCC(=O)OC)n(Cc2ccc(C(=O)N(C)C)cc2)c1C. The summed E-state index contributed by atoms with van der Waals surface area (Å²) in [4.78, 5) is 39.3. The molecule has 0 aliphatic carbocycles. The van der Waals surface area contributed by atoms with Gasteiger partial charge in [-0.1, -0.05) is 109 Å². The molecule has 246 valence electrons. The van der Waals surface area contributed by atoms with Crippen LogP contribution in [0.1, 0.15) is 159 Å². The van der Waals surface area contributed by atoms with Crippen LogP contribution < -0.4 is 0 Å². The van der Waals surface area contributed by atoms with E-state index in [-0.39, 0.29) is 24.1 Å². The van der Waals surface area contributed by atoms with Crippen LogP contribution in [0.15, 0.2) is 24.3 Å². The summed E-state index contributed by atoms with van der Waals surface area (Å²) in [5.41, 5.74) is 5.40. The van der Waals surface area contributed by atoms with E-state index in [1.807, 2.05) is 38.1 Å². The Hall–Kier alpha value is -2.89. The van der Waals surface area contributed by atoms with Crippen molar-refractivity contribution in [2.75, 3.05) is 21.2 Å². The van der Waals surface area contributed by atoms with Crippen LogP contribution in [-0.4, -0.2) is 48.3 Å². The zero-order chi connectivity index (χ0) is 32.3. The van der Waals surface area contributed by atoms with Crippen LogP contribution in [0.3, 0.4) is 0 Å². The van der Waals surface area contributed by atoms with Crippen molar-refractivity contribution in [1.29, 1.82) is 0 Å². The lowest BCUT2D eigenvalue weighted by Gasteiger charge is -2.14. The smallest absolute Gasteiger partial charge is 0.305 e. The van der Waals surface area contributed by atoms with Gasteiger partial charge in [0.1, 0.15) is 0 Å². The summed E-state index contributed by atoms with van der Waals surface area (Å²) in [6, 6.07) is 7.62. The lowest BCUT2D eigenvalue weighted by molar-refractivity contribution is -0.140. The van der Waals surface area contributed by atoms with Crippen LogP contribution in [0.4, 0.5) is 0 Å². The second kappa shape index (κ2) is 21.0. The van der Waals surface area contributed by atoms with Crippen LogP contribution in [0.25, 0.3) is 0 Å². The molecular formula is C38H60N2O4. The largest absolute Gasteiger partial charge is 0.469 e. The van der Waals surface area contributed by atoms with Crippen molar-refractivity contribution in [3.63, 3.8) is 0 Å². The first-order valence-electron chi connectivity index (χ1n) is 17.3. The Morgan fingerprint density at radius 2 is 1.23 bits per heavy atom. The normalized spacial score (nSPS) is 11.1. The van der Waals surface area contributed by atoms with Gasteiger partial charge in [0, 0.05) is 49.6 Å². The van der Waals surface area contributed by atoms with Crippen molar-refractivity contribution >= 4 is 17.7 Å². The van der Waals surface area contributed by atoms with E-state index in [1.165, 1.54) is 90.6 Å². The molecule has 0 atom stereocenters. The summed E-state index contributed by atoms with van der Waals surface area (Å²) in [6.07, 6.45) is 20.9. The molecule has 2 aromatic rings. The van der Waals surface area contributed by atoms with E-state index >= 15 is 0 Å². The fourth-order valence-electron chi connectivity index (χ4n) is 6.20. The number of nitrogens with zero attached hydrogens (tertiary/aromatic N) is 2. The van der Waals surface area contributed by atoms with Gasteiger partial charge in [-0.05, 0) is 49.9 Å². The van der Waals surface area contributed by atoms with Crippen molar-refractivity contribution in [2.45, 2.75) is 143 Å². The number of amides is 1. The summed E-state index contributed by atoms with van der Waals surface area (Å²) in [5, 5.41) is 0. The maximum atomic E-state index is 13.5. The Balaban J connectivity index is 1.87. The third kappa shape index (κ3) is 12.6. The Kier molecular flexibility index (Phi) is 17.8. The molecule has 6 heteroatoms. The molecule has 0 saturated heterocycles. The Labute approximate surface area is 267 Å². The highest BCUT2D eigenvalue weighted by atomic mass is 16.5. The number of ketones is 1. The molecule has 6 nitrogen and oxygen atoms in total. The van der Waals surface area contributed by atoms with Gasteiger partial charge in [-0.2, -0.15) is 0 Å². The van der Waals surface area contributed by atoms with Crippen molar-refractivity contribution in [1.82, 2.24) is 9.47 Å². The van der Waals surface area contributed by atoms with Gasteiger partial charge < -0.3 is 14.2 Å². The molecule has 0 N–H and O–H groups in total. The number of benzene rings is 1. The molecule has 0 fully saturated rings. The third-order valence-corrected chi connectivity index (χ3v) is 8.93. The van der Waals surface area contributed by atoms with Crippen LogP contribution in [-0.2, 0) is 22.5 Å². The molecule has 0 bridgehead atoms. The van der Waals surface area contributed by atoms with E-state index in [0.29, 0.717) is 24.9 Å². The monoisotopic (exact) mass is 608 g/mol. The number of unbranched alkanes of at least 4 members (excludes halogenated alkanes) is 14. The molecule has 0 radical (unpaired) electrons. The third-order valence-electron chi connectivity index (χ3n) is 8.93. The Morgan fingerprint density at radius 3 is 1.70 bits per heavy atom. The van der Waals surface area contributed by atoms with Gasteiger partial charge in [0.15, 0.2) is 5.78 Å². The standard InChI is InChI=1S/C38H60N2O4/c1-7-8-9-10-11-12-13-14-15-16-17-18-19-20-21-22-35(41)37-30(2)34(27-28-36(42)44-6)40(31(37)3)29-32-23-25-33(26-24-32)38(43)39(4)5/h23-26H,7-22,27-29H2,1-6H3. The fourth-order valence-corrected chi connectivity index (χ4v) is 6.20. The molecule has 1 aromatic carbocycles. The van der Waals surface area contributed by atoms with Gasteiger partial charge in [-0.25, -0.2) is 0 Å².